The number of carbonyl (C=O) groups is 2. The summed E-state index contributed by atoms with van der Waals surface area (Å²) in [6.45, 7) is 3.44. The second-order valence-corrected chi connectivity index (χ2v) is 4.17. The van der Waals surface area contributed by atoms with Gasteiger partial charge in [0.15, 0.2) is 0 Å². The van der Waals surface area contributed by atoms with Crippen LogP contribution in [-0.2, 0) is 14.3 Å². The fourth-order valence-corrected chi connectivity index (χ4v) is 1.78. The van der Waals surface area contributed by atoms with Crippen molar-refractivity contribution in [3.05, 3.63) is 11.9 Å². The first-order valence-corrected chi connectivity index (χ1v) is 4.50. The van der Waals surface area contributed by atoms with Crippen molar-refractivity contribution >= 4 is 11.9 Å². The predicted octanol–water partition coefficient (Wildman–Crippen LogP) is 1.37. The van der Waals surface area contributed by atoms with E-state index in [9.17, 15) is 14.0 Å². The second kappa shape index (κ2) is 3.64. The third-order valence-corrected chi connectivity index (χ3v) is 2.88. The Hall–Kier alpha value is -1.39. The van der Waals surface area contributed by atoms with E-state index in [-0.39, 0.29) is 0 Å². The van der Waals surface area contributed by atoms with E-state index in [1.165, 1.54) is 0 Å². The van der Waals surface area contributed by atoms with Gasteiger partial charge in [-0.15, -0.1) is 0 Å². The monoisotopic (exact) mass is 216 g/mol. The van der Waals surface area contributed by atoms with Crippen LogP contribution in [-0.4, -0.2) is 24.2 Å². The minimum Gasteiger partial charge on any atom is -0.481 e. The van der Waals surface area contributed by atoms with Crippen molar-refractivity contribution < 1.29 is 23.8 Å². The van der Waals surface area contributed by atoms with Crippen LogP contribution >= 0.6 is 0 Å². The Labute approximate surface area is 86.7 Å². The highest BCUT2D eigenvalue weighted by Gasteiger charge is 2.61. The molecule has 0 amide bonds. The number of rotatable bonds is 3. The van der Waals surface area contributed by atoms with Gasteiger partial charge in [-0.2, -0.15) is 4.39 Å². The Balaban J connectivity index is 2.78. The number of allylic oxidation sites excluding steroid dienone is 1. The molecule has 1 saturated carbocycles. The molecular formula is C10H13FO4. The van der Waals surface area contributed by atoms with E-state index in [0.717, 1.165) is 13.2 Å². The molecule has 4 nitrogen and oxygen atoms in total. The fourth-order valence-electron chi connectivity index (χ4n) is 1.78. The van der Waals surface area contributed by atoms with E-state index in [2.05, 4.69) is 4.74 Å². The van der Waals surface area contributed by atoms with Gasteiger partial charge in [0, 0.05) is 0 Å². The molecule has 0 spiro atoms. The lowest BCUT2D eigenvalue weighted by molar-refractivity contribution is -0.140. The minimum atomic E-state index is -1.07. The van der Waals surface area contributed by atoms with Gasteiger partial charge in [0.25, 0.3) is 0 Å². The summed E-state index contributed by atoms with van der Waals surface area (Å²) in [7, 11) is 1.07. The van der Waals surface area contributed by atoms with Crippen molar-refractivity contribution in [2.45, 2.75) is 13.8 Å². The highest BCUT2D eigenvalue weighted by Crippen LogP contribution is 2.59. The molecule has 0 aromatic carbocycles. The second-order valence-electron chi connectivity index (χ2n) is 4.17. The molecule has 1 N–H and O–H groups in total. The summed E-state index contributed by atoms with van der Waals surface area (Å²) in [6.07, 6.45) is 1.03. The largest absolute Gasteiger partial charge is 0.481 e. The third-order valence-electron chi connectivity index (χ3n) is 2.88. The average Bonchev–Trinajstić information content (AvgIpc) is 2.66. The lowest BCUT2D eigenvalue weighted by atomic mass is 10.1. The topological polar surface area (TPSA) is 63.6 Å². The van der Waals surface area contributed by atoms with Crippen molar-refractivity contribution in [3.8, 4) is 0 Å². The molecule has 15 heavy (non-hydrogen) atoms. The first kappa shape index (κ1) is 11.7. The molecule has 5 heteroatoms. The molecule has 1 aliphatic carbocycles. The Kier molecular flexibility index (Phi) is 2.83. The van der Waals surface area contributed by atoms with Gasteiger partial charge in [-0.25, -0.2) is 4.79 Å². The van der Waals surface area contributed by atoms with E-state index in [1.54, 1.807) is 13.8 Å². The Morgan fingerprint density at radius 2 is 2.00 bits per heavy atom. The molecule has 0 saturated heterocycles. The van der Waals surface area contributed by atoms with Gasteiger partial charge in [-0.1, -0.05) is 13.8 Å². The van der Waals surface area contributed by atoms with Crippen LogP contribution in [0, 0.1) is 17.3 Å². The molecule has 0 radical (unpaired) electrons. The van der Waals surface area contributed by atoms with Crippen LogP contribution in [0.3, 0.4) is 0 Å². The van der Waals surface area contributed by atoms with E-state index in [1.807, 2.05) is 0 Å². The molecule has 1 rings (SSSR count). The maximum atomic E-state index is 13.1. The molecule has 0 heterocycles. The quantitative estimate of drug-likeness (QED) is 0.571. The number of esters is 1. The fraction of sp³-hybridized carbons (Fsp3) is 0.600. The zero-order chi connectivity index (χ0) is 11.8. The summed E-state index contributed by atoms with van der Waals surface area (Å²) in [5, 5.41) is 8.80. The highest BCUT2D eigenvalue weighted by molar-refractivity contribution is 5.86. The summed E-state index contributed by atoms with van der Waals surface area (Å²) in [4.78, 5) is 21.5. The first-order chi connectivity index (χ1) is 6.82. The van der Waals surface area contributed by atoms with Crippen LogP contribution in [0.15, 0.2) is 11.9 Å². The molecule has 2 atom stereocenters. The van der Waals surface area contributed by atoms with Gasteiger partial charge in [0.1, 0.15) is 0 Å². The highest BCUT2D eigenvalue weighted by atomic mass is 19.1. The number of hydrogen-bond acceptors (Lipinski definition) is 3. The number of carboxylic acid groups (broad SMARTS) is 1. The summed E-state index contributed by atoms with van der Waals surface area (Å²) in [5.74, 6) is -4.15. The summed E-state index contributed by atoms with van der Waals surface area (Å²) >= 11 is 0. The van der Waals surface area contributed by atoms with Crippen LogP contribution in [0.5, 0.6) is 0 Å². The molecule has 1 aliphatic rings. The number of aliphatic carboxylic acids is 1. The van der Waals surface area contributed by atoms with Gasteiger partial charge in [-0.05, 0) is 17.4 Å². The van der Waals surface area contributed by atoms with Crippen molar-refractivity contribution in [2.24, 2.45) is 17.3 Å². The van der Waals surface area contributed by atoms with Crippen LogP contribution < -0.4 is 0 Å². The molecule has 0 bridgehead atoms. The number of carboxylic acids is 1. The first-order valence-electron chi connectivity index (χ1n) is 4.50. The Bertz CT molecular complexity index is 332. The molecule has 84 valence electrons. The maximum Gasteiger partial charge on any atom is 0.366 e. The zero-order valence-corrected chi connectivity index (χ0v) is 8.78. The molecule has 0 aliphatic heterocycles. The van der Waals surface area contributed by atoms with Crippen molar-refractivity contribution in [1.82, 2.24) is 0 Å². The molecule has 0 aromatic heterocycles. The number of methoxy groups -OCH3 is 1. The van der Waals surface area contributed by atoms with E-state index >= 15 is 0 Å². The average molecular weight is 216 g/mol. The molecule has 0 aromatic rings. The molecular weight excluding hydrogens is 203 g/mol. The van der Waals surface area contributed by atoms with Gasteiger partial charge in [0.2, 0.25) is 5.83 Å². The summed E-state index contributed by atoms with van der Waals surface area (Å²) in [6, 6.07) is 0. The van der Waals surface area contributed by atoms with Crippen molar-refractivity contribution in [3.63, 3.8) is 0 Å². The Morgan fingerprint density at radius 1 is 1.47 bits per heavy atom. The standard InChI is InChI=1S/C10H13FO4/c1-10(2)5(7(10)8(12)13)4-6(11)9(14)15-3/h4-5,7H,1-3H3,(H,12,13)/t5-,7-/m0/s1. The van der Waals surface area contributed by atoms with Crippen molar-refractivity contribution in [1.29, 1.82) is 0 Å². The summed E-state index contributed by atoms with van der Waals surface area (Å²) < 4.78 is 17.2. The van der Waals surface area contributed by atoms with Gasteiger partial charge < -0.3 is 9.84 Å². The maximum absolute atomic E-state index is 13.1. The van der Waals surface area contributed by atoms with Crippen LogP contribution in [0.1, 0.15) is 13.8 Å². The van der Waals surface area contributed by atoms with E-state index in [0.29, 0.717) is 0 Å². The third kappa shape index (κ3) is 2.00. The lowest BCUT2D eigenvalue weighted by Crippen LogP contribution is -2.03. The van der Waals surface area contributed by atoms with E-state index in [4.69, 9.17) is 5.11 Å². The lowest BCUT2D eigenvalue weighted by Gasteiger charge is -1.97. The zero-order valence-electron chi connectivity index (χ0n) is 8.78. The number of hydrogen-bond donors (Lipinski definition) is 1. The number of ether oxygens (including phenoxy) is 1. The van der Waals surface area contributed by atoms with Crippen molar-refractivity contribution in [2.75, 3.05) is 7.11 Å². The van der Waals surface area contributed by atoms with Crippen LogP contribution in [0.2, 0.25) is 0 Å². The van der Waals surface area contributed by atoms with Gasteiger partial charge >= 0.3 is 11.9 Å². The number of carbonyl (C=O) groups excluding carboxylic acids is 1. The van der Waals surface area contributed by atoms with Crippen LogP contribution in [0.4, 0.5) is 4.39 Å². The SMILES string of the molecule is COC(=O)C(F)=C[C@H]1[C@@H](C(=O)O)C1(C)C. The van der Waals surface area contributed by atoms with Crippen LogP contribution in [0.25, 0.3) is 0 Å². The molecule has 1 fully saturated rings. The summed E-state index contributed by atoms with van der Waals surface area (Å²) in [5.41, 5.74) is -0.503. The van der Waals surface area contributed by atoms with Gasteiger partial charge in [0.05, 0.1) is 13.0 Å². The normalized spacial score (nSPS) is 28.4. The minimum absolute atomic E-state index is 0.450. The smallest absolute Gasteiger partial charge is 0.366 e. The van der Waals surface area contributed by atoms with E-state index < -0.39 is 35.0 Å². The van der Waals surface area contributed by atoms with Gasteiger partial charge in [-0.3, -0.25) is 4.79 Å². The number of halogens is 1. The molecule has 0 unspecified atom stereocenters. The Morgan fingerprint density at radius 3 is 2.33 bits per heavy atom. The predicted molar refractivity (Wildman–Crippen MR) is 49.6 cm³/mol.